The second kappa shape index (κ2) is 7.22. The zero-order valence-electron chi connectivity index (χ0n) is 15.5. The van der Waals surface area contributed by atoms with Crippen molar-refractivity contribution in [3.8, 4) is 0 Å². The minimum absolute atomic E-state index is 0.129. The second-order valence-electron chi connectivity index (χ2n) is 6.42. The molecular weight excluding hydrogens is 359 g/mol. The van der Waals surface area contributed by atoms with E-state index in [1.165, 1.54) is 12.1 Å². The maximum Gasteiger partial charge on any atom is 0.260 e. The molecule has 7 nitrogen and oxygen atoms in total. The highest BCUT2D eigenvalue weighted by molar-refractivity contribution is 6.03. The number of anilines is 2. The number of benzene rings is 1. The van der Waals surface area contributed by atoms with E-state index in [0.717, 1.165) is 5.56 Å². The van der Waals surface area contributed by atoms with E-state index in [-0.39, 0.29) is 11.4 Å². The summed E-state index contributed by atoms with van der Waals surface area (Å²) in [5, 5.41) is 6.18. The lowest BCUT2D eigenvalue weighted by Crippen LogP contribution is -2.39. The molecule has 1 unspecified atom stereocenters. The van der Waals surface area contributed by atoms with Crippen molar-refractivity contribution < 1.29 is 4.39 Å². The van der Waals surface area contributed by atoms with Crippen LogP contribution in [0.25, 0.3) is 0 Å². The van der Waals surface area contributed by atoms with Gasteiger partial charge >= 0.3 is 0 Å². The average Bonchev–Trinajstić information content (AvgIpc) is 2.70. The van der Waals surface area contributed by atoms with Gasteiger partial charge in [-0.05, 0) is 43.7 Å². The summed E-state index contributed by atoms with van der Waals surface area (Å²) >= 11 is 0. The van der Waals surface area contributed by atoms with E-state index in [9.17, 15) is 9.18 Å². The van der Waals surface area contributed by atoms with Crippen LogP contribution in [0.3, 0.4) is 0 Å². The van der Waals surface area contributed by atoms with E-state index in [1.54, 1.807) is 35.2 Å². The summed E-state index contributed by atoms with van der Waals surface area (Å²) in [4.78, 5) is 26.5. The summed E-state index contributed by atoms with van der Waals surface area (Å²) in [5.41, 5.74) is 2.63. The first-order valence-electron chi connectivity index (χ1n) is 8.96. The van der Waals surface area contributed by atoms with E-state index in [4.69, 9.17) is 0 Å². The van der Waals surface area contributed by atoms with Crippen LogP contribution in [0.5, 0.6) is 0 Å². The summed E-state index contributed by atoms with van der Waals surface area (Å²) < 4.78 is 14.7. The summed E-state index contributed by atoms with van der Waals surface area (Å²) in [5.74, 6) is 0.489. The number of aromatic nitrogens is 3. The molecule has 0 saturated heterocycles. The molecule has 1 aromatic carbocycles. The Hall–Kier alpha value is -3.55. The lowest BCUT2D eigenvalue weighted by molar-refractivity contribution is 0.569. The first-order valence-corrected chi connectivity index (χ1v) is 8.96. The van der Waals surface area contributed by atoms with Crippen molar-refractivity contribution in [2.24, 2.45) is 4.99 Å². The number of hydrogen-bond donors (Lipinski definition) is 2. The molecular formula is C20H19FN6O. The zero-order chi connectivity index (χ0) is 19.7. The quantitative estimate of drug-likeness (QED) is 0.732. The topological polar surface area (TPSA) is 84.2 Å². The highest BCUT2D eigenvalue weighted by atomic mass is 19.1. The van der Waals surface area contributed by atoms with Gasteiger partial charge in [0.1, 0.15) is 5.82 Å². The molecule has 1 aliphatic heterocycles. The number of guanidine groups is 1. The number of nitrogens with zero attached hydrogens (tertiary/aromatic N) is 4. The monoisotopic (exact) mass is 378 g/mol. The summed E-state index contributed by atoms with van der Waals surface area (Å²) in [6, 6.07) is 9.60. The fourth-order valence-corrected chi connectivity index (χ4v) is 3.20. The second-order valence-corrected chi connectivity index (χ2v) is 6.42. The van der Waals surface area contributed by atoms with Gasteiger partial charge in [0.15, 0.2) is 6.17 Å². The Balaban J connectivity index is 1.82. The molecule has 8 heteroatoms. The Kier molecular flexibility index (Phi) is 4.60. The third-order valence-corrected chi connectivity index (χ3v) is 4.58. The van der Waals surface area contributed by atoms with Crippen molar-refractivity contribution in [2.75, 3.05) is 10.6 Å². The third kappa shape index (κ3) is 3.24. The molecule has 28 heavy (non-hydrogen) atoms. The minimum Gasteiger partial charge on any atom is -0.326 e. The Morgan fingerprint density at radius 1 is 1.25 bits per heavy atom. The van der Waals surface area contributed by atoms with Crippen LogP contribution in [-0.2, 0) is 6.42 Å². The fraction of sp³-hybridized carbons (Fsp3) is 0.200. The van der Waals surface area contributed by atoms with Crippen LogP contribution in [-0.4, -0.2) is 20.5 Å². The number of nitrogens with one attached hydrogen (secondary N) is 2. The van der Waals surface area contributed by atoms with Gasteiger partial charge in [-0.3, -0.25) is 19.7 Å². The standard InChI is InChI=1S/C20H19FN6O/c1-3-16-12(2)23-20-26-19(24-15-8-6-14(21)7-9-15)25-17(27(20)18(16)28)13-5-4-10-22-11-13/h4-11,17H,3H2,1-2H3,(H2,23,24,25,26). The molecule has 3 heterocycles. The number of halogens is 1. The lowest BCUT2D eigenvalue weighted by atomic mass is 10.1. The molecule has 0 amide bonds. The van der Waals surface area contributed by atoms with Gasteiger partial charge in [0.05, 0.1) is 0 Å². The van der Waals surface area contributed by atoms with Gasteiger partial charge in [-0.2, -0.15) is 0 Å². The smallest absolute Gasteiger partial charge is 0.260 e. The van der Waals surface area contributed by atoms with Gasteiger partial charge in [0.2, 0.25) is 11.9 Å². The van der Waals surface area contributed by atoms with Crippen molar-refractivity contribution in [1.82, 2.24) is 14.5 Å². The third-order valence-electron chi connectivity index (χ3n) is 4.58. The van der Waals surface area contributed by atoms with Gasteiger partial charge in [0.25, 0.3) is 5.56 Å². The Labute approximate surface area is 161 Å². The van der Waals surface area contributed by atoms with Crippen LogP contribution in [0, 0.1) is 12.7 Å². The Morgan fingerprint density at radius 3 is 2.71 bits per heavy atom. The summed E-state index contributed by atoms with van der Waals surface area (Å²) in [6.45, 7) is 3.75. The molecule has 0 fully saturated rings. The Morgan fingerprint density at radius 2 is 2.04 bits per heavy atom. The molecule has 3 aromatic rings. The van der Waals surface area contributed by atoms with E-state index in [0.29, 0.717) is 35.3 Å². The van der Waals surface area contributed by atoms with Crippen LogP contribution in [0.15, 0.2) is 58.6 Å². The van der Waals surface area contributed by atoms with E-state index >= 15 is 0 Å². The number of pyridine rings is 1. The number of hydrogen-bond acceptors (Lipinski definition) is 6. The maximum atomic E-state index is 13.2. The normalized spacial score (nSPS) is 15.4. The van der Waals surface area contributed by atoms with Gasteiger partial charge in [-0.1, -0.05) is 13.0 Å². The van der Waals surface area contributed by atoms with Crippen LogP contribution < -0.4 is 16.2 Å². The molecule has 142 valence electrons. The van der Waals surface area contributed by atoms with Gasteiger partial charge < -0.3 is 5.32 Å². The molecule has 0 spiro atoms. The lowest BCUT2D eigenvalue weighted by Gasteiger charge is -2.27. The van der Waals surface area contributed by atoms with Crippen LogP contribution >= 0.6 is 0 Å². The van der Waals surface area contributed by atoms with Crippen molar-refractivity contribution in [1.29, 1.82) is 0 Å². The largest absolute Gasteiger partial charge is 0.326 e. The molecule has 1 aliphatic rings. The predicted molar refractivity (Wildman–Crippen MR) is 106 cm³/mol. The molecule has 2 N–H and O–H groups in total. The van der Waals surface area contributed by atoms with Crippen molar-refractivity contribution in [3.63, 3.8) is 0 Å². The van der Waals surface area contributed by atoms with E-state index in [2.05, 4.69) is 25.6 Å². The number of rotatable bonds is 3. The highest BCUT2D eigenvalue weighted by Gasteiger charge is 2.27. The molecule has 0 aliphatic carbocycles. The molecule has 0 radical (unpaired) electrons. The van der Waals surface area contributed by atoms with Crippen molar-refractivity contribution in [3.05, 3.63) is 81.8 Å². The first-order chi connectivity index (χ1) is 13.6. The van der Waals surface area contributed by atoms with Crippen molar-refractivity contribution in [2.45, 2.75) is 26.4 Å². The summed E-state index contributed by atoms with van der Waals surface area (Å²) in [7, 11) is 0. The fourth-order valence-electron chi connectivity index (χ4n) is 3.20. The average molecular weight is 378 g/mol. The van der Waals surface area contributed by atoms with Crippen molar-refractivity contribution >= 4 is 17.6 Å². The Bertz CT molecular complexity index is 1090. The molecule has 1 atom stereocenters. The maximum absolute atomic E-state index is 13.2. The zero-order valence-corrected chi connectivity index (χ0v) is 15.5. The van der Waals surface area contributed by atoms with Crippen LogP contribution in [0.4, 0.5) is 16.0 Å². The first kappa shape index (κ1) is 17.8. The van der Waals surface area contributed by atoms with Gasteiger partial charge in [0, 0.05) is 34.9 Å². The van der Waals surface area contributed by atoms with Gasteiger partial charge in [-0.25, -0.2) is 14.4 Å². The van der Waals surface area contributed by atoms with E-state index < -0.39 is 6.17 Å². The molecule has 0 bridgehead atoms. The molecule has 4 rings (SSSR count). The number of fused-ring (bicyclic) bond motifs is 1. The summed E-state index contributed by atoms with van der Waals surface area (Å²) in [6.07, 6.45) is 3.32. The van der Waals surface area contributed by atoms with Crippen LogP contribution in [0.1, 0.15) is 29.9 Å². The predicted octanol–water partition coefficient (Wildman–Crippen LogP) is 3.09. The minimum atomic E-state index is -0.612. The van der Waals surface area contributed by atoms with E-state index in [1.807, 2.05) is 19.9 Å². The number of aryl methyl sites for hydroxylation is 1. The molecule has 0 saturated carbocycles. The van der Waals surface area contributed by atoms with Gasteiger partial charge in [-0.15, -0.1) is 0 Å². The number of aliphatic imine (C=N–C) groups is 1. The SMILES string of the molecule is CCc1c(C)nc2n(c1=O)C(c1cccnc1)N=C(Nc1ccc(F)cc1)N2. The highest BCUT2D eigenvalue weighted by Crippen LogP contribution is 2.26. The van der Waals surface area contributed by atoms with Crippen LogP contribution in [0.2, 0.25) is 0 Å². The molecule has 2 aromatic heterocycles.